The average Bonchev–Trinajstić information content (AvgIpc) is 2.17. The summed E-state index contributed by atoms with van der Waals surface area (Å²) in [5, 5.41) is 9.94. The topological polar surface area (TPSA) is 46.2 Å². The van der Waals surface area contributed by atoms with Crippen LogP contribution < -0.4 is 5.73 Å². The van der Waals surface area contributed by atoms with Gasteiger partial charge in [-0.15, -0.1) is 0 Å². The summed E-state index contributed by atoms with van der Waals surface area (Å²) in [6.45, 7) is -0.191. The quantitative estimate of drug-likeness (QED) is 0.785. The number of nitrogens with two attached hydrogens (primary N) is 1. The first kappa shape index (κ1) is 10.4. The van der Waals surface area contributed by atoms with Crippen molar-refractivity contribution in [2.75, 3.05) is 6.54 Å². The minimum absolute atomic E-state index is 0.191. The summed E-state index contributed by atoms with van der Waals surface area (Å²) in [5.74, 6) is 0. The Balaban J connectivity index is 2.77. The highest BCUT2D eigenvalue weighted by molar-refractivity contribution is 6.30. The molecule has 0 aliphatic heterocycles. The summed E-state index contributed by atoms with van der Waals surface area (Å²) in [4.78, 5) is 0. The molecule has 1 rings (SSSR count). The molecule has 0 spiro atoms. The number of aliphatic hydroxyl groups is 1. The van der Waals surface area contributed by atoms with E-state index in [0.29, 0.717) is 10.6 Å². The van der Waals surface area contributed by atoms with E-state index >= 15 is 0 Å². The van der Waals surface area contributed by atoms with Gasteiger partial charge >= 0.3 is 0 Å². The highest BCUT2D eigenvalue weighted by Gasteiger charge is 2.17. The standard InChI is InChI=1S/C9H11ClFNO/c10-7-3-1-6(2-4-7)9(13)8(11)5-12/h1-4,8-9,13H,5,12H2. The summed E-state index contributed by atoms with van der Waals surface area (Å²) in [5.41, 5.74) is 5.57. The summed E-state index contributed by atoms with van der Waals surface area (Å²) in [6.07, 6.45) is -2.59. The van der Waals surface area contributed by atoms with Gasteiger partial charge in [0, 0.05) is 11.6 Å². The number of hydrogen-bond donors (Lipinski definition) is 2. The smallest absolute Gasteiger partial charge is 0.142 e. The first-order valence-corrected chi connectivity index (χ1v) is 4.30. The number of halogens is 2. The normalized spacial score (nSPS) is 15.4. The van der Waals surface area contributed by atoms with Gasteiger partial charge in [0.2, 0.25) is 0 Å². The fourth-order valence-corrected chi connectivity index (χ4v) is 1.12. The molecule has 3 N–H and O–H groups in total. The first-order chi connectivity index (χ1) is 6.15. The second kappa shape index (κ2) is 4.56. The van der Waals surface area contributed by atoms with Gasteiger partial charge in [-0.1, -0.05) is 23.7 Å². The Labute approximate surface area is 81.1 Å². The van der Waals surface area contributed by atoms with E-state index in [9.17, 15) is 9.50 Å². The molecule has 13 heavy (non-hydrogen) atoms. The predicted octanol–water partition coefficient (Wildman–Crippen LogP) is 1.67. The number of rotatable bonds is 3. The van der Waals surface area contributed by atoms with Gasteiger partial charge in [0.25, 0.3) is 0 Å². The molecule has 0 aliphatic carbocycles. The van der Waals surface area contributed by atoms with E-state index in [4.69, 9.17) is 17.3 Å². The highest BCUT2D eigenvalue weighted by Crippen LogP contribution is 2.20. The molecule has 0 aromatic heterocycles. The minimum atomic E-state index is -1.43. The van der Waals surface area contributed by atoms with Crippen LogP contribution in [0.4, 0.5) is 4.39 Å². The van der Waals surface area contributed by atoms with Crippen molar-refractivity contribution in [2.45, 2.75) is 12.3 Å². The Kier molecular flexibility index (Phi) is 3.66. The highest BCUT2D eigenvalue weighted by atomic mass is 35.5. The zero-order valence-corrected chi connectivity index (χ0v) is 7.71. The molecule has 0 saturated carbocycles. The Morgan fingerprint density at radius 1 is 1.38 bits per heavy atom. The fourth-order valence-electron chi connectivity index (χ4n) is 0.998. The molecule has 0 radical (unpaired) electrons. The SMILES string of the molecule is NCC(F)C(O)c1ccc(Cl)cc1. The van der Waals surface area contributed by atoms with E-state index in [-0.39, 0.29) is 6.54 Å². The maximum absolute atomic E-state index is 12.9. The van der Waals surface area contributed by atoms with E-state index < -0.39 is 12.3 Å². The lowest BCUT2D eigenvalue weighted by molar-refractivity contribution is 0.0825. The number of alkyl halides is 1. The summed E-state index contributed by atoms with van der Waals surface area (Å²) in [7, 11) is 0. The van der Waals surface area contributed by atoms with Crippen molar-refractivity contribution >= 4 is 11.6 Å². The third-order valence-electron chi connectivity index (χ3n) is 1.78. The molecule has 0 saturated heterocycles. The van der Waals surface area contributed by atoms with Crippen LogP contribution in [0.1, 0.15) is 11.7 Å². The zero-order valence-electron chi connectivity index (χ0n) is 6.95. The molecule has 0 heterocycles. The molecule has 72 valence electrons. The van der Waals surface area contributed by atoms with Crippen LogP contribution in [0.2, 0.25) is 5.02 Å². The van der Waals surface area contributed by atoms with E-state index in [1.165, 1.54) is 0 Å². The number of hydrogen-bond acceptors (Lipinski definition) is 2. The average molecular weight is 204 g/mol. The van der Waals surface area contributed by atoms with Crippen LogP contribution >= 0.6 is 11.6 Å². The Morgan fingerprint density at radius 2 is 1.92 bits per heavy atom. The van der Waals surface area contributed by atoms with Crippen LogP contribution in [-0.4, -0.2) is 17.8 Å². The van der Waals surface area contributed by atoms with E-state index in [1.807, 2.05) is 0 Å². The third kappa shape index (κ3) is 2.66. The van der Waals surface area contributed by atoms with E-state index in [2.05, 4.69) is 0 Å². The molecule has 0 amide bonds. The van der Waals surface area contributed by atoms with Crippen molar-refractivity contribution in [1.82, 2.24) is 0 Å². The molecule has 2 atom stereocenters. The van der Waals surface area contributed by atoms with Crippen LogP contribution in [-0.2, 0) is 0 Å². The van der Waals surface area contributed by atoms with Gasteiger partial charge in [-0.05, 0) is 17.7 Å². The number of aliphatic hydroxyl groups excluding tert-OH is 1. The third-order valence-corrected chi connectivity index (χ3v) is 2.03. The monoisotopic (exact) mass is 203 g/mol. The fraction of sp³-hybridized carbons (Fsp3) is 0.333. The van der Waals surface area contributed by atoms with Crippen LogP contribution in [0.15, 0.2) is 24.3 Å². The van der Waals surface area contributed by atoms with Crippen molar-refractivity contribution in [3.63, 3.8) is 0 Å². The second-order valence-electron chi connectivity index (χ2n) is 2.75. The van der Waals surface area contributed by atoms with Gasteiger partial charge in [-0.3, -0.25) is 0 Å². The van der Waals surface area contributed by atoms with Crippen LogP contribution in [0.5, 0.6) is 0 Å². The summed E-state index contributed by atoms with van der Waals surface area (Å²) >= 11 is 5.63. The lowest BCUT2D eigenvalue weighted by Crippen LogP contribution is -2.23. The maximum atomic E-state index is 12.9. The van der Waals surface area contributed by atoms with E-state index in [0.717, 1.165) is 0 Å². The molecule has 0 bridgehead atoms. The van der Waals surface area contributed by atoms with Crippen LogP contribution in [0.25, 0.3) is 0 Å². The lowest BCUT2D eigenvalue weighted by atomic mass is 10.1. The van der Waals surface area contributed by atoms with Crippen LogP contribution in [0, 0.1) is 0 Å². The minimum Gasteiger partial charge on any atom is -0.385 e. The maximum Gasteiger partial charge on any atom is 0.142 e. The Morgan fingerprint density at radius 3 is 2.38 bits per heavy atom. The second-order valence-corrected chi connectivity index (χ2v) is 3.18. The van der Waals surface area contributed by atoms with Gasteiger partial charge in [0.05, 0.1) is 0 Å². The molecule has 1 aromatic carbocycles. The predicted molar refractivity (Wildman–Crippen MR) is 50.4 cm³/mol. The van der Waals surface area contributed by atoms with E-state index in [1.54, 1.807) is 24.3 Å². The van der Waals surface area contributed by atoms with Crippen LogP contribution in [0.3, 0.4) is 0 Å². The van der Waals surface area contributed by atoms with Crippen molar-refractivity contribution < 1.29 is 9.50 Å². The molecular weight excluding hydrogens is 193 g/mol. The summed E-state index contributed by atoms with van der Waals surface area (Å²) in [6, 6.07) is 6.36. The van der Waals surface area contributed by atoms with Crippen molar-refractivity contribution in [2.24, 2.45) is 5.73 Å². The van der Waals surface area contributed by atoms with Crippen molar-refractivity contribution in [3.8, 4) is 0 Å². The molecule has 0 aliphatic rings. The number of benzene rings is 1. The van der Waals surface area contributed by atoms with Crippen molar-refractivity contribution in [1.29, 1.82) is 0 Å². The summed E-state index contributed by atoms with van der Waals surface area (Å²) < 4.78 is 12.9. The van der Waals surface area contributed by atoms with Crippen molar-refractivity contribution in [3.05, 3.63) is 34.9 Å². The lowest BCUT2D eigenvalue weighted by Gasteiger charge is -2.13. The zero-order chi connectivity index (χ0) is 9.84. The first-order valence-electron chi connectivity index (χ1n) is 3.93. The largest absolute Gasteiger partial charge is 0.385 e. The molecule has 2 nitrogen and oxygen atoms in total. The van der Waals surface area contributed by atoms with Gasteiger partial charge in [-0.25, -0.2) is 4.39 Å². The van der Waals surface area contributed by atoms with Gasteiger partial charge < -0.3 is 10.8 Å². The van der Waals surface area contributed by atoms with Gasteiger partial charge in [0.1, 0.15) is 12.3 Å². The molecule has 0 fully saturated rings. The van der Waals surface area contributed by atoms with Gasteiger partial charge in [-0.2, -0.15) is 0 Å². The molecule has 2 unspecified atom stereocenters. The Bertz CT molecular complexity index is 265. The molecular formula is C9H11ClFNO. The molecule has 1 aromatic rings. The molecule has 4 heteroatoms. The Hall–Kier alpha value is -0.640. The van der Waals surface area contributed by atoms with Gasteiger partial charge in [0.15, 0.2) is 0 Å².